The van der Waals surface area contributed by atoms with Gasteiger partial charge in [-0.3, -0.25) is 9.59 Å². The maximum absolute atomic E-state index is 12.3. The highest BCUT2D eigenvalue weighted by molar-refractivity contribution is 6.08. The van der Waals surface area contributed by atoms with E-state index < -0.39 is 0 Å². The van der Waals surface area contributed by atoms with Crippen LogP contribution in [0.25, 0.3) is 6.08 Å². The van der Waals surface area contributed by atoms with Gasteiger partial charge >= 0.3 is 0 Å². The number of ketones is 1. The zero-order valence-corrected chi connectivity index (χ0v) is 12.9. The molecule has 0 saturated carbocycles. The minimum Gasteiger partial charge on any atom is -0.504 e. The minimum atomic E-state index is -0.251. The van der Waals surface area contributed by atoms with E-state index >= 15 is 0 Å². The molecule has 0 aromatic heterocycles. The van der Waals surface area contributed by atoms with Gasteiger partial charge in [-0.25, -0.2) is 0 Å². The van der Waals surface area contributed by atoms with Crippen molar-refractivity contribution in [3.05, 3.63) is 53.6 Å². The first-order chi connectivity index (χ1) is 11.6. The fourth-order valence-electron chi connectivity index (χ4n) is 2.30. The van der Waals surface area contributed by atoms with Crippen LogP contribution in [0.3, 0.4) is 0 Å². The van der Waals surface area contributed by atoms with Crippen LogP contribution in [0.4, 0.5) is 5.69 Å². The van der Waals surface area contributed by atoms with Crippen LogP contribution in [0.15, 0.2) is 42.5 Å². The van der Waals surface area contributed by atoms with E-state index in [9.17, 15) is 14.7 Å². The van der Waals surface area contributed by atoms with Crippen LogP contribution in [0.2, 0.25) is 0 Å². The van der Waals surface area contributed by atoms with Crippen molar-refractivity contribution in [2.45, 2.75) is 0 Å². The van der Waals surface area contributed by atoms with Gasteiger partial charge in [-0.15, -0.1) is 0 Å². The summed E-state index contributed by atoms with van der Waals surface area (Å²) in [6.07, 6.45) is 3.04. The summed E-state index contributed by atoms with van der Waals surface area (Å²) in [5.41, 5.74) is 1.63. The molecule has 122 valence electrons. The van der Waals surface area contributed by atoms with Crippen LogP contribution in [0, 0.1) is 0 Å². The third-order valence-electron chi connectivity index (χ3n) is 3.53. The molecule has 2 aromatic rings. The van der Waals surface area contributed by atoms with E-state index in [-0.39, 0.29) is 24.0 Å². The molecule has 1 heterocycles. The highest BCUT2D eigenvalue weighted by Gasteiger charge is 2.17. The summed E-state index contributed by atoms with van der Waals surface area (Å²) >= 11 is 0. The molecule has 1 aliphatic rings. The zero-order valence-electron chi connectivity index (χ0n) is 12.9. The molecule has 3 rings (SSSR count). The zero-order chi connectivity index (χ0) is 17.1. The number of allylic oxidation sites excluding steroid dienone is 1. The largest absolute Gasteiger partial charge is 0.504 e. The molecule has 1 aliphatic heterocycles. The summed E-state index contributed by atoms with van der Waals surface area (Å²) in [6, 6.07) is 9.66. The number of phenolic OH excluding ortho intramolecular Hbond substituents is 1. The third-order valence-corrected chi connectivity index (χ3v) is 3.53. The smallest absolute Gasteiger partial charge is 0.262 e. The Kier molecular flexibility index (Phi) is 4.20. The maximum Gasteiger partial charge on any atom is 0.262 e. The molecule has 0 saturated heterocycles. The van der Waals surface area contributed by atoms with Gasteiger partial charge in [0.15, 0.2) is 23.9 Å². The average Bonchev–Trinajstić information content (AvgIpc) is 2.60. The summed E-state index contributed by atoms with van der Waals surface area (Å²) in [7, 11) is 1.46. The predicted octanol–water partition coefficient (Wildman–Crippen LogP) is 2.63. The molecule has 2 aromatic carbocycles. The lowest BCUT2D eigenvalue weighted by atomic mass is 10.1. The van der Waals surface area contributed by atoms with Gasteiger partial charge in [-0.05, 0) is 42.0 Å². The summed E-state index contributed by atoms with van der Waals surface area (Å²) in [4.78, 5) is 23.6. The van der Waals surface area contributed by atoms with Gasteiger partial charge in [0.1, 0.15) is 5.75 Å². The summed E-state index contributed by atoms with van der Waals surface area (Å²) in [5, 5.41) is 12.2. The van der Waals surface area contributed by atoms with Crippen LogP contribution in [0.5, 0.6) is 17.2 Å². The van der Waals surface area contributed by atoms with E-state index in [4.69, 9.17) is 9.47 Å². The number of hydrogen-bond donors (Lipinski definition) is 2. The first-order valence-corrected chi connectivity index (χ1v) is 7.23. The van der Waals surface area contributed by atoms with Crippen molar-refractivity contribution in [1.82, 2.24) is 0 Å². The van der Waals surface area contributed by atoms with Gasteiger partial charge in [-0.2, -0.15) is 0 Å². The number of fused-ring (bicyclic) bond motifs is 1. The van der Waals surface area contributed by atoms with Crippen molar-refractivity contribution in [3.8, 4) is 17.2 Å². The lowest BCUT2D eigenvalue weighted by Crippen LogP contribution is -2.25. The molecule has 24 heavy (non-hydrogen) atoms. The Bertz CT molecular complexity index is 841. The molecule has 0 unspecified atom stereocenters. The molecule has 0 radical (unpaired) electrons. The molecule has 0 aliphatic carbocycles. The first kappa shape index (κ1) is 15.6. The van der Waals surface area contributed by atoms with Gasteiger partial charge in [0, 0.05) is 5.56 Å². The van der Waals surface area contributed by atoms with Crippen molar-refractivity contribution in [2.24, 2.45) is 0 Å². The Hall–Kier alpha value is -3.28. The minimum absolute atomic E-state index is 0.0249. The quantitative estimate of drug-likeness (QED) is 0.667. The molecule has 0 spiro atoms. The Morgan fingerprint density at radius 3 is 2.92 bits per heavy atom. The van der Waals surface area contributed by atoms with Crippen LogP contribution in [-0.2, 0) is 4.79 Å². The molecule has 0 bridgehead atoms. The van der Waals surface area contributed by atoms with Gasteiger partial charge < -0.3 is 19.9 Å². The van der Waals surface area contributed by atoms with Crippen LogP contribution in [0.1, 0.15) is 15.9 Å². The number of benzene rings is 2. The van der Waals surface area contributed by atoms with Crippen molar-refractivity contribution < 1.29 is 24.2 Å². The fraction of sp³-hybridized carbons (Fsp3) is 0.111. The lowest BCUT2D eigenvalue weighted by molar-refractivity contribution is -0.118. The second kappa shape index (κ2) is 6.45. The molecule has 2 N–H and O–H groups in total. The van der Waals surface area contributed by atoms with Crippen molar-refractivity contribution in [2.75, 3.05) is 19.0 Å². The first-order valence-electron chi connectivity index (χ1n) is 7.23. The third kappa shape index (κ3) is 3.22. The van der Waals surface area contributed by atoms with Crippen LogP contribution >= 0.6 is 0 Å². The molecular weight excluding hydrogens is 310 g/mol. The van der Waals surface area contributed by atoms with Crippen LogP contribution in [-0.4, -0.2) is 30.5 Å². The number of amides is 1. The van der Waals surface area contributed by atoms with Gasteiger partial charge in [-0.1, -0.05) is 12.1 Å². The molecular formula is C18H15NO5. The normalized spacial score (nSPS) is 13.1. The Morgan fingerprint density at radius 2 is 2.12 bits per heavy atom. The second-order valence-electron chi connectivity index (χ2n) is 5.18. The highest BCUT2D eigenvalue weighted by Crippen LogP contribution is 2.29. The second-order valence-corrected chi connectivity index (χ2v) is 5.18. The standard InChI is InChI=1S/C18H15NO5/c1-23-17-8-11(3-6-15(17)21)2-5-14(20)12-4-7-16-13(9-12)19-18(22)10-24-16/h2-9,21H,10H2,1H3,(H,19,22)/b5-2+. The number of aromatic hydroxyl groups is 1. The summed E-state index contributed by atoms with van der Waals surface area (Å²) in [5.74, 6) is 0.437. The molecule has 6 nitrogen and oxygen atoms in total. The highest BCUT2D eigenvalue weighted by atomic mass is 16.5. The molecule has 6 heteroatoms. The monoisotopic (exact) mass is 325 g/mol. The van der Waals surface area contributed by atoms with E-state index in [1.54, 1.807) is 36.4 Å². The number of nitrogens with one attached hydrogen (secondary N) is 1. The lowest BCUT2D eigenvalue weighted by Gasteiger charge is -2.17. The SMILES string of the molecule is COc1cc(/C=C/C(=O)c2ccc3c(c2)NC(=O)CO3)ccc1O. The number of hydrogen-bond acceptors (Lipinski definition) is 5. The topological polar surface area (TPSA) is 84.9 Å². The van der Waals surface area contributed by atoms with Gasteiger partial charge in [0.2, 0.25) is 0 Å². The number of carbonyl (C=O) groups is 2. The van der Waals surface area contributed by atoms with Crippen LogP contribution < -0.4 is 14.8 Å². The van der Waals surface area contributed by atoms with E-state index in [0.717, 1.165) is 0 Å². The number of carbonyl (C=O) groups excluding carboxylic acids is 2. The number of anilines is 1. The summed E-state index contributed by atoms with van der Waals surface area (Å²) < 4.78 is 10.3. The van der Waals surface area contributed by atoms with E-state index in [2.05, 4.69) is 5.32 Å². The fourth-order valence-corrected chi connectivity index (χ4v) is 2.30. The van der Waals surface area contributed by atoms with Crippen molar-refractivity contribution >= 4 is 23.5 Å². The van der Waals surface area contributed by atoms with Gasteiger partial charge in [0.05, 0.1) is 12.8 Å². The van der Waals surface area contributed by atoms with Crippen molar-refractivity contribution in [1.29, 1.82) is 0 Å². The number of phenols is 1. The van der Waals surface area contributed by atoms with E-state index in [0.29, 0.717) is 28.3 Å². The number of methoxy groups -OCH3 is 1. The predicted molar refractivity (Wildman–Crippen MR) is 88.6 cm³/mol. The molecule has 0 atom stereocenters. The number of rotatable bonds is 4. The van der Waals surface area contributed by atoms with E-state index in [1.807, 2.05) is 0 Å². The van der Waals surface area contributed by atoms with Crippen molar-refractivity contribution in [3.63, 3.8) is 0 Å². The Morgan fingerprint density at radius 1 is 1.29 bits per heavy atom. The van der Waals surface area contributed by atoms with E-state index in [1.165, 1.54) is 19.3 Å². The molecule has 1 amide bonds. The Labute approximate surface area is 138 Å². The Balaban J connectivity index is 1.80. The average molecular weight is 325 g/mol. The summed E-state index contributed by atoms with van der Waals surface area (Å²) in [6.45, 7) is -0.0249. The van der Waals surface area contributed by atoms with Gasteiger partial charge in [0.25, 0.3) is 5.91 Å². The number of ether oxygens (including phenoxy) is 2. The molecule has 0 fully saturated rings. The maximum atomic E-state index is 12.3.